The maximum Gasteiger partial charge on any atom is 1.00 e. The average molecular weight is 187 g/mol. The number of nitrogens with one attached hydrogen (secondary N) is 1. The molecule has 0 saturated heterocycles. The van der Waals surface area contributed by atoms with Crippen LogP contribution in [0, 0.1) is 0 Å². The Bertz CT molecular complexity index is 353. The SMILES string of the molecule is Nc1nc([O-])c2c(n1)NCC=N2.[Na+]. The van der Waals surface area contributed by atoms with Crippen molar-refractivity contribution >= 4 is 23.7 Å². The van der Waals surface area contributed by atoms with E-state index < -0.39 is 5.88 Å². The third-order valence-corrected chi connectivity index (χ3v) is 1.45. The van der Waals surface area contributed by atoms with Gasteiger partial charge < -0.3 is 16.2 Å². The van der Waals surface area contributed by atoms with E-state index in [4.69, 9.17) is 5.73 Å². The number of rotatable bonds is 0. The molecule has 13 heavy (non-hydrogen) atoms. The Kier molecular flexibility index (Phi) is 3.07. The van der Waals surface area contributed by atoms with Crippen molar-refractivity contribution in [3.8, 4) is 5.88 Å². The van der Waals surface area contributed by atoms with E-state index in [0.29, 0.717) is 12.4 Å². The molecule has 0 spiro atoms. The van der Waals surface area contributed by atoms with Gasteiger partial charge in [-0.05, 0) is 0 Å². The van der Waals surface area contributed by atoms with Gasteiger partial charge in [0.05, 0.1) is 6.54 Å². The molecule has 0 unspecified atom stereocenters. The monoisotopic (exact) mass is 187 g/mol. The van der Waals surface area contributed by atoms with Gasteiger partial charge in [-0.25, -0.2) is 4.98 Å². The quantitative estimate of drug-likeness (QED) is 0.407. The first kappa shape index (κ1) is 10.2. The molecule has 3 N–H and O–H groups in total. The van der Waals surface area contributed by atoms with Gasteiger partial charge in [0, 0.05) is 12.1 Å². The number of hydrogen-bond donors (Lipinski definition) is 2. The van der Waals surface area contributed by atoms with Crippen molar-refractivity contribution in [2.75, 3.05) is 17.6 Å². The number of aliphatic imine (C=N–C) groups is 1. The number of nitrogens with two attached hydrogens (primary N) is 1. The molecule has 62 valence electrons. The van der Waals surface area contributed by atoms with Crippen molar-refractivity contribution in [2.45, 2.75) is 0 Å². The van der Waals surface area contributed by atoms with Gasteiger partial charge in [-0.1, -0.05) is 0 Å². The Morgan fingerprint density at radius 1 is 1.46 bits per heavy atom. The number of hydrogen-bond acceptors (Lipinski definition) is 6. The summed E-state index contributed by atoms with van der Waals surface area (Å²) < 4.78 is 0. The first-order valence-electron chi connectivity index (χ1n) is 3.38. The molecule has 1 aliphatic rings. The zero-order valence-electron chi connectivity index (χ0n) is 7.11. The van der Waals surface area contributed by atoms with Gasteiger partial charge in [-0.2, -0.15) is 4.98 Å². The van der Waals surface area contributed by atoms with E-state index >= 15 is 0 Å². The second-order valence-corrected chi connectivity index (χ2v) is 2.28. The summed E-state index contributed by atoms with van der Waals surface area (Å²) in [5, 5.41) is 14.0. The average Bonchev–Trinajstić information content (AvgIpc) is 2.04. The first-order chi connectivity index (χ1) is 5.77. The van der Waals surface area contributed by atoms with Crippen LogP contribution in [0.1, 0.15) is 0 Å². The minimum Gasteiger partial charge on any atom is -0.857 e. The summed E-state index contributed by atoms with van der Waals surface area (Å²) in [6, 6.07) is 0. The van der Waals surface area contributed by atoms with E-state index in [2.05, 4.69) is 20.3 Å². The summed E-state index contributed by atoms with van der Waals surface area (Å²) in [6.07, 6.45) is 1.59. The molecule has 0 atom stereocenters. The molecule has 6 nitrogen and oxygen atoms in total. The standard InChI is InChI=1S/C6H7N5O.Na/c7-6-10-4-3(5(12)11-6)8-1-2-9-4;/h1H,2H2,(H4,7,9,10,11,12);/q;+1/p-1. The van der Waals surface area contributed by atoms with E-state index in [1.165, 1.54) is 0 Å². The zero-order chi connectivity index (χ0) is 8.55. The summed E-state index contributed by atoms with van der Waals surface area (Å²) >= 11 is 0. The number of aromatic nitrogens is 2. The van der Waals surface area contributed by atoms with Crippen LogP contribution in [0.15, 0.2) is 4.99 Å². The molecule has 0 bridgehead atoms. The Morgan fingerprint density at radius 3 is 3.00 bits per heavy atom. The van der Waals surface area contributed by atoms with Crippen LogP contribution in [-0.4, -0.2) is 22.7 Å². The molecule has 1 aromatic heterocycles. The smallest absolute Gasteiger partial charge is 0.857 e. The molecular formula is C6H6N5NaO. The molecule has 1 aliphatic heterocycles. The molecule has 0 saturated carbocycles. The van der Waals surface area contributed by atoms with Gasteiger partial charge in [0.1, 0.15) is 5.69 Å². The number of anilines is 2. The Morgan fingerprint density at radius 2 is 2.23 bits per heavy atom. The normalized spacial score (nSPS) is 12.6. The molecule has 0 aliphatic carbocycles. The number of fused-ring (bicyclic) bond motifs is 1. The Balaban J connectivity index is 0.000000845. The second-order valence-electron chi connectivity index (χ2n) is 2.28. The van der Waals surface area contributed by atoms with E-state index in [1.807, 2.05) is 0 Å². The largest absolute Gasteiger partial charge is 1.00 e. The third kappa shape index (κ3) is 1.90. The van der Waals surface area contributed by atoms with Gasteiger partial charge in [-0.3, -0.25) is 4.99 Å². The number of nitrogen functional groups attached to an aromatic ring is 1. The van der Waals surface area contributed by atoms with Crippen LogP contribution in [-0.2, 0) is 0 Å². The fourth-order valence-electron chi connectivity index (χ4n) is 0.970. The van der Waals surface area contributed by atoms with Crippen LogP contribution in [0.25, 0.3) is 0 Å². The fourth-order valence-corrected chi connectivity index (χ4v) is 0.970. The summed E-state index contributed by atoms with van der Waals surface area (Å²) in [6.45, 7) is 0.558. The van der Waals surface area contributed by atoms with Gasteiger partial charge >= 0.3 is 29.6 Å². The predicted molar refractivity (Wildman–Crippen MR) is 42.5 cm³/mol. The molecular weight excluding hydrogens is 181 g/mol. The Hall–Kier alpha value is -0.850. The molecule has 7 heteroatoms. The van der Waals surface area contributed by atoms with E-state index in [-0.39, 0.29) is 41.2 Å². The molecule has 0 aromatic carbocycles. The van der Waals surface area contributed by atoms with Crippen molar-refractivity contribution in [1.29, 1.82) is 0 Å². The summed E-state index contributed by atoms with van der Waals surface area (Å²) in [7, 11) is 0. The van der Waals surface area contributed by atoms with Crippen LogP contribution in [0.2, 0.25) is 0 Å². The fraction of sp³-hybridized carbons (Fsp3) is 0.167. The van der Waals surface area contributed by atoms with Crippen molar-refractivity contribution in [2.24, 2.45) is 4.99 Å². The molecule has 0 fully saturated rings. The summed E-state index contributed by atoms with van der Waals surface area (Å²) in [5.41, 5.74) is 5.50. The summed E-state index contributed by atoms with van der Waals surface area (Å²) in [4.78, 5) is 11.1. The van der Waals surface area contributed by atoms with Gasteiger partial charge in [0.2, 0.25) is 5.95 Å². The van der Waals surface area contributed by atoms with Crippen LogP contribution in [0.4, 0.5) is 17.5 Å². The maximum absolute atomic E-state index is 11.1. The number of nitrogens with zero attached hydrogens (tertiary/aromatic N) is 3. The molecule has 1 aromatic rings. The van der Waals surface area contributed by atoms with Crippen molar-refractivity contribution < 1.29 is 34.7 Å². The minimum atomic E-state index is -0.444. The molecule has 0 radical (unpaired) electrons. The molecule has 0 amide bonds. The van der Waals surface area contributed by atoms with E-state index in [0.717, 1.165) is 0 Å². The first-order valence-corrected chi connectivity index (χ1v) is 3.38. The van der Waals surface area contributed by atoms with E-state index in [1.54, 1.807) is 6.21 Å². The van der Waals surface area contributed by atoms with Gasteiger partial charge in [-0.15, -0.1) is 0 Å². The van der Waals surface area contributed by atoms with Gasteiger partial charge in [0.15, 0.2) is 5.82 Å². The predicted octanol–water partition coefficient (Wildman–Crippen LogP) is -3.74. The minimum absolute atomic E-state index is 0. The third-order valence-electron chi connectivity index (χ3n) is 1.45. The second kappa shape index (κ2) is 3.91. The van der Waals surface area contributed by atoms with Crippen molar-refractivity contribution in [1.82, 2.24) is 9.97 Å². The molecule has 2 heterocycles. The van der Waals surface area contributed by atoms with Crippen LogP contribution in [0.3, 0.4) is 0 Å². The zero-order valence-corrected chi connectivity index (χ0v) is 9.11. The molecule has 2 rings (SSSR count). The van der Waals surface area contributed by atoms with Crippen molar-refractivity contribution in [3.05, 3.63) is 0 Å². The van der Waals surface area contributed by atoms with Crippen LogP contribution in [0.5, 0.6) is 5.88 Å². The summed E-state index contributed by atoms with van der Waals surface area (Å²) in [5.74, 6) is -0.0562. The topological polar surface area (TPSA) is 99.2 Å². The Labute approximate surface area is 96.6 Å². The maximum atomic E-state index is 11.1. The van der Waals surface area contributed by atoms with Crippen LogP contribution < -0.4 is 45.7 Å². The van der Waals surface area contributed by atoms with Gasteiger partial charge in [0.25, 0.3) is 0 Å². The van der Waals surface area contributed by atoms with Crippen molar-refractivity contribution in [3.63, 3.8) is 0 Å². The van der Waals surface area contributed by atoms with Crippen LogP contribution >= 0.6 is 0 Å². The van der Waals surface area contributed by atoms with E-state index in [9.17, 15) is 5.11 Å².